The van der Waals surface area contributed by atoms with Crippen molar-refractivity contribution in [3.05, 3.63) is 86.7 Å². The highest BCUT2D eigenvalue weighted by molar-refractivity contribution is 9.09. The predicted molar refractivity (Wildman–Crippen MR) is 123 cm³/mol. The summed E-state index contributed by atoms with van der Waals surface area (Å²) in [5.74, 6) is 0. The first-order valence-electron chi connectivity index (χ1n) is 10.3. The zero-order valence-electron chi connectivity index (χ0n) is 16.5. The molecule has 0 amide bonds. The largest absolute Gasteiger partial charge is 0.0931 e. The van der Waals surface area contributed by atoms with E-state index in [1.54, 1.807) is 21.9 Å². The van der Waals surface area contributed by atoms with Crippen LogP contribution in [0.5, 0.6) is 0 Å². The lowest BCUT2D eigenvalue weighted by molar-refractivity contribution is 0.669. The van der Waals surface area contributed by atoms with Crippen LogP contribution in [0.15, 0.2) is 75.6 Å². The first-order chi connectivity index (χ1) is 13.0. The maximum absolute atomic E-state index is 4.08. The van der Waals surface area contributed by atoms with Gasteiger partial charge in [0.05, 0.1) is 12.9 Å². The van der Waals surface area contributed by atoms with Gasteiger partial charge in [0.1, 0.15) is 0 Å². The molecule has 0 aromatic heterocycles. The van der Waals surface area contributed by atoms with Gasteiger partial charge in [-0.15, -0.1) is 0 Å². The summed E-state index contributed by atoms with van der Waals surface area (Å²) in [6, 6.07) is 8.98. The molecule has 2 unspecified atom stereocenters. The summed E-state index contributed by atoms with van der Waals surface area (Å²) < 4.78 is 0. The zero-order valence-corrected chi connectivity index (χ0v) is 19.1. The fourth-order valence-electron chi connectivity index (χ4n) is 5.76. The van der Waals surface area contributed by atoms with Crippen LogP contribution in [-0.2, 0) is 0 Å². The van der Waals surface area contributed by atoms with E-state index < -0.39 is 8.07 Å². The Morgan fingerprint density at radius 1 is 1.04 bits per heavy atom. The quantitative estimate of drug-likeness (QED) is 0.335. The van der Waals surface area contributed by atoms with Crippen molar-refractivity contribution >= 4 is 30.1 Å². The molecule has 0 nitrogen and oxygen atoms in total. The summed E-state index contributed by atoms with van der Waals surface area (Å²) in [6.45, 7) is 7.50. The first-order valence-corrected chi connectivity index (χ1v) is 14.3. The Morgan fingerprint density at radius 2 is 1.81 bits per heavy atom. The third-order valence-electron chi connectivity index (χ3n) is 7.02. The molecule has 0 radical (unpaired) electrons. The minimum atomic E-state index is -1.72. The minimum Gasteiger partial charge on any atom is -0.0790 e. The van der Waals surface area contributed by atoms with Crippen LogP contribution in [0, 0.1) is 0 Å². The third-order valence-corrected chi connectivity index (χ3v) is 12.1. The molecule has 2 atom stereocenters. The molecule has 1 aromatic carbocycles. The Labute approximate surface area is 172 Å². The first kappa shape index (κ1) is 17.7. The van der Waals surface area contributed by atoms with Gasteiger partial charge < -0.3 is 0 Å². The maximum Gasteiger partial charge on any atom is 0.0931 e. The lowest BCUT2D eigenvalue weighted by Gasteiger charge is -2.36. The van der Waals surface area contributed by atoms with Crippen LogP contribution in [0.1, 0.15) is 49.3 Å². The molecule has 0 fully saturated rings. The van der Waals surface area contributed by atoms with E-state index in [9.17, 15) is 0 Å². The molecule has 4 aliphatic carbocycles. The summed E-state index contributed by atoms with van der Waals surface area (Å²) in [5.41, 5.74) is 11.4. The van der Waals surface area contributed by atoms with Gasteiger partial charge >= 0.3 is 0 Å². The summed E-state index contributed by atoms with van der Waals surface area (Å²) >= 11 is 4.08. The molecule has 5 rings (SSSR count). The topological polar surface area (TPSA) is 0 Å². The number of hydrogen-bond acceptors (Lipinski definition) is 0. The molecular weight excluding hydrogens is 408 g/mol. The van der Waals surface area contributed by atoms with Crippen LogP contribution >= 0.6 is 15.9 Å². The summed E-state index contributed by atoms with van der Waals surface area (Å²) in [7, 11) is -1.72. The minimum absolute atomic E-state index is 0.427. The molecule has 27 heavy (non-hydrogen) atoms. The zero-order chi connectivity index (χ0) is 18.8. The van der Waals surface area contributed by atoms with Crippen molar-refractivity contribution in [1.29, 1.82) is 0 Å². The van der Waals surface area contributed by atoms with E-state index in [1.807, 2.05) is 0 Å². The van der Waals surface area contributed by atoms with Crippen molar-refractivity contribution in [3.8, 4) is 0 Å². The van der Waals surface area contributed by atoms with E-state index in [-0.39, 0.29) is 0 Å². The number of halogens is 1. The molecule has 0 aliphatic heterocycles. The SMILES string of the molecule is CC1=C([Si](C)(C)C2C=Cc3ccccc32)C2=CC3=C(CCCC3)C(Br)C2=C1. The molecule has 1 aromatic rings. The van der Waals surface area contributed by atoms with Crippen molar-refractivity contribution in [2.75, 3.05) is 0 Å². The van der Waals surface area contributed by atoms with E-state index in [0.717, 1.165) is 0 Å². The number of fused-ring (bicyclic) bond motifs is 2. The Balaban J connectivity index is 1.60. The standard InChI is InChI=1S/C25H27BrSi/c1-16-14-21-22(15-18-9-5-7-11-20(18)24(21)26)25(16)27(2,3)23-13-12-17-8-4-6-10-19(17)23/h4,6,8,10,12-15,23-24H,5,7,9,11H2,1-3H3. The van der Waals surface area contributed by atoms with Crippen LogP contribution in [0.2, 0.25) is 13.1 Å². The van der Waals surface area contributed by atoms with Gasteiger partial charge in [-0.05, 0) is 71.2 Å². The van der Waals surface area contributed by atoms with E-state index in [2.05, 4.69) is 84.5 Å². The number of allylic oxidation sites excluding steroid dienone is 9. The summed E-state index contributed by atoms with van der Waals surface area (Å²) in [5, 5.41) is 1.69. The number of hydrogen-bond donors (Lipinski definition) is 0. The molecule has 2 heteroatoms. The number of benzene rings is 1. The Hall–Kier alpha value is -1.38. The average molecular weight is 435 g/mol. The number of rotatable bonds is 2. The lowest BCUT2D eigenvalue weighted by atomic mass is 9.81. The predicted octanol–water partition coefficient (Wildman–Crippen LogP) is 7.41. The van der Waals surface area contributed by atoms with Crippen molar-refractivity contribution in [2.45, 2.75) is 56.1 Å². The second kappa shape index (κ2) is 6.32. The van der Waals surface area contributed by atoms with Crippen LogP contribution < -0.4 is 0 Å². The Morgan fingerprint density at radius 3 is 2.67 bits per heavy atom. The van der Waals surface area contributed by atoms with Crippen LogP contribution in [-0.4, -0.2) is 12.9 Å². The number of alkyl halides is 1. The van der Waals surface area contributed by atoms with Gasteiger partial charge in [0.15, 0.2) is 0 Å². The van der Waals surface area contributed by atoms with Gasteiger partial charge in [0.2, 0.25) is 0 Å². The van der Waals surface area contributed by atoms with Crippen LogP contribution in [0.25, 0.3) is 6.08 Å². The van der Waals surface area contributed by atoms with Crippen molar-refractivity contribution in [3.63, 3.8) is 0 Å². The van der Waals surface area contributed by atoms with Gasteiger partial charge in [-0.25, -0.2) is 0 Å². The van der Waals surface area contributed by atoms with E-state index in [1.165, 1.54) is 48.0 Å². The molecule has 0 bridgehead atoms. The fraction of sp³-hybridized carbons (Fsp3) is 0.360. The average Bonchev–Trinajstić information content (AvgIpc) is 3.23. The molecule has 0 saturated heterocycles. The highest BCUT2D eigenvalue weighted by Crippen LogP contribution is 2.52. The normalized spacial score (nSPS) is 26.7. The molecule has 0 heterocycles. The molecule has 138 valence electrons. The molecule has 0 saturated carbocycles. The Kier molecular flexibility index (Phi) is 4.14. The van der Waals surface area contributed by atoms with Gasteiger partial charge in [-0.2, -0.15) is 0 Å². The van der Waals surface area contributed by atoms with Gasteiger partial charge in [-0.3, -0.25) is 0 Å². The fourth-order valence-corrected chi connectivity index (χ4v) is 10.6. The Bertz CT molecular complexity index is 983. The van der Waals surface area contributed by atoms with Crippen molar-refractivity contribution in [2.24, 2.45) is 0 Å². The second-order valence-corrected chi connectivity index (χ2v) is 14.5. The molecule has 0 spiro atoms. The maximum atomic E-state index is 4.08. The lowest BCUT2D eigenvalue weighted by Crippen LogP contribution is -2.38. The monoisotopic (exact) mass is 434 g/mol. The highest BCUT2D eigenvalue weighted by Gasteiger charge is 2.44. The van der Waals surface area contributed by atoms with E-state index in [0.29, 0.717) is 10.4 Å². The van der Waals surface area contributed by atoms with Crippen molar-refractivity contribution in [1.82, 2.24) is 0 Å². The van der Waals surface area contributed by atoms with Gasteiger partial charge in [0, 0.05) is 5.54 Å². The smallest absolute Gasteiger partial charge is 0.0790 e. The summed E-state index contributed by atoms with van der Waals surface area (Å²) in [6.07, 6.45) is 15.1. The molecule has 4 aliphatic rings. The van der Waals surface area contributed by atoms with Crippen LogP contribution in [0.4, 0.5) is 0 Å². The van der Waals surface area contributed by atoms with Crippen LogP contribution in [0.3, 0.4) is 0 Å². The van der Waals surface area contributed by atoms with E-state index >= 15 is 0 Å². The molecular formula is C25H27BrSi. The van der Waals surface area contributed by atoms with Gasteiger partial charge in [0.25, 0.3) is 0 Å². The molecule has 0 N–H and O–H groups in total. The van der Waals surface area contributed by atoms with E-state index in [4.69, 9.17) is 0 Å². The van der Waals surface area contributed by atoms with Gasteiger partial charge in [-0.1, -0.05) is 83.2 Å². The van der Waals surface area contributed by atoms with Crippen molar-refractivity contribution < 1.29 is 0 Å². The third kappa shape index (κ3) is 2.60. The second-order valence-electron chi connectivity index (χ2n) is 9.02. The highest BCUT2D eigenvalue weighted by atomic mass is 79.9. The summed E-state index contributed by atoms with van der Waals surface area (Å²) in [4.78, 5) is 0.427.